The molecule has 0 fully saturated rings. The van der Waals surface area contributed by atoms with Crippen molar-refractivity contribution < 1.29 is 4.84 Å². The van der Waals surface area contributed by atoms with Crippen LogP contribution in [-0.2, 0) is 4.84 Å². The third-order valence-electron chi connectivity index (χ3n) is 2.01. The molecule has 0 bridgehead atoms. The van der Waals surface area contributed by atoms with Crippen LogP contribution >= 0.6 is 0 Å². The Bertz CT molecular complexity index is 344. The van der Waals surface area contributed by atoms with Gasteiger partial charge in [0.2, 0.25) is 0 Å². The summed E-state index contributed by atoms with van der Waals surface area (Å²) in [6.07, 6.45) is 2.65. The topological polar surface area (TPSA) is 34.5 Å². The molecule has 80 valence electrons. The zero-order valence-electron chi connectivity index (χ0n) is 9.23. The normalized spacial score (nSPS) is 11.2. The van der Waals surface area contributed by atoms with Gasteiger partial charge in [-0.3, -0.25) is 4.98 Å². The Balaban J connectivity index is 2.50. The van der Waals surface area contributed by atoms with Gasteiger partial charge >= 0.3 is 0 Å². The van der Waals surface area contributed by atoms with E-state index >= 15 is 0 Å². The predicted octanol–water partition coefficient (Wildman–Crippen LogP) is 2.79. The molecule has 0 radical (unpaired) electrons. The quantitative estimate of drug-likeness (QED) is 0.420. The molecule has 1 aromatic heterocycles. The molecule has 0 spiro atoms. The lowest BCUT2D eigenvalue weighted by Gasteiger charge is -2.02. The molecule has 0 aromatic carbocycles. The molecule has 3 nitrogen and oxygen atoms in total. The Labute approximate surface area is 90.5 Å². The van der Waals surface area contributed by atoms with Crippen molar-refractivity contribution in [2.75, 3.05) is 6.61 Å². The molecule has 1 heterocycles. The molecule has 0 amide bonds. The summed E-state index contributed by atoms with van der Waals surface area (Å²) in [5.74, 6) is 0. The van der Waals surface area contributed by atoms with E-state index in [4.69, 9.17) is 4.84 Å². The Morgan fingerprint density at radius 3 is 2.93 bits per heavy atom. The molecule has 0 aliphatic carbocycles. The van der Waals surface area contributed by atoms with E-state index in [9.17, 15) is 0 Å². The molecule has 0 N–H and O–H groups in total. The van der Waals surface area contributed by atoms with Crippen LogP contribution in [0.15, 0.2) is 41.7 Å². The van der Waals surface area contributed by atoms with Crippen LogP contribution in [0.2, 0.25) is 0 Å². The van der Waals surface area contributed by atoms with Gasteiger partial charge in [-0.05, 0) is 31.1 Å². The molecule has 0 atom stereocenters. The smallest absolute Gasteiger partial charge is 0.138 e. The van der Waals surface area contributed by atoms with E-state index in [0.29, 0.717) is 6.61 Å². The van der Waals surface area contributed by atoms with Crippen LogP contribution < -0.4 is 0 Å². The van der Waals surface area contributed by atoms with Gasteiger partial charge in [0.25, 0.3) is 0 Å². The molecule has 15 heavy (non-hydrogen) atoms. The number of rotatable bonds is 5. The lowest BCUT2D eigenvalue weighted by atomic mass is 10.2. The van der Waals surface area contributed by atoms with Gasteiger partial charge in [-0.1, -0.05) is 24.7 Å². The van der Waals surface area contributed by atoms with E-state index in [0.717, 1.165) is 23.4 Å². The standard InChI is InChI=1S/C12H16N2O/c1-4-10(2)9-15-14-11(3)12-7-5-6-8-13-12/h5-8H,2,4,9H2,1,3H3. The summed E-state index contributed by atoms with van der Waals surface area (Å²) in [6.45, 7) is 8.22. The highest BCUT2D eigenvalue weighted by Gasteiger charge is 1.97. The maximum atomic E-state index is 5.15. The summed E-state index contributed by atoms with van der Waals surface area (Å²) in [4.78, 5) is 9.31. The first-order chi connectivity index (χ1) is 7.24. The van der Waals surface area contributed by atoms with E-state index in [1.807, 2.05) is 32.0 Å². The lowest BCUT2D eigenvalue weighted by molar-refractivity contribution is 0.166. The second kappa shape index (κ2) is 5.96. The summed E-state index contributed by atoms with van der Waals surface area (Å²) in [7, 11) is 0. The summed E-state index contributed by atoms with van der Waals surface area (Å²) in [5.41, 5.74) is 2.65. The van der Waals surface area contributed by atoms with Gasteiger partial charge in [0.1, 0.15) is 12.3 Å². The van der Waals surface area contributed by atoms with Crippen molar-refractivity contribution in [3.63, 3.8) is 0 Å². The summed E-state index contributed by atoms with van der Waals surface area (Å²) in [6, 6.07) is 5.69. The fourth-order valence-corrected chi connectivity index (χ4v) is 0.946. The Morgan fingerprint density at radius 2 is 2.33 bits per heavy atom. The molecular weight excluding hydrogens is 188 g/mol. The van der Waals surface area contributed by atoms with Crippen molar-refractivity contribution in [3.05, 3.63) is 42.2 Å². The summed E-state index contributed by atoms with van der Waals surface area (Å²) in [5, 5.41) is 3.98. The average molecular weight is 204 g/mol. The zero-order chi connectivity index (χ0) is 11.1. The van der Waals surface area contributed by atoms with Gasteiger partial charge < -0.3 is 4.84 Å². The minimum atomic E-state index is 0.473. The Hall–Kier alpha value is -1.64. The molecular formula is C12H16N2O. The minimum absolute atomic E-state index is 0.473. The first-order valence-electron chi connectivity index (χ1n) is 4.98. The van der Waals surface area contributed by atoms with Crippen LogP contribution in [0, 0.1) is 0 Å². The average Bonchev–Trinajstić information content (AvgIpc) is 2.29. The number of oxime groups is 1. The zero-order valence-corrected chi connectivity index (χ0v) is 9.23. The second-order valence-corrected chi connectivity index (χ2v) is 3.27. The third kappa shape index (κ3) is 3.94. The molecule has 1 aromatic rings. The first-order valence-corrected chi connectivity index (χ1v) is 4.98. The van der Waals surface area contributed by atoms with Crippen LogP contribution in [-0.4, -0.2) is 17.3 Å². The van der Waals surface area contributed by atoms with Crippen molar-refractivity contribution in [2.24, 2.45) is 5.16 Å². The van der Waals surface area contributed by atoms with Crippen molar-refractivity contribution in [1.82, 2.24) is 4.98 Å². The predicted molar refractivity (Wildman–Crippen MR) is 61.8 cm³/mol. The number of pyridine rings is 1. The van der Waals surface area contributed by atoms with Gasteiger partial charge in [-0.15, -0.1) is 0 Å². The Morgan fingerprint density at radius 1 is 1.53 bits per heavy atom. The largest absolute Gasteiger partial charge is 0.391 e. The molecule has 0 aliphatic heterocycles. The highest BCUT2D eigenvalue weighted by molar-refractivity contribution is 5.96. The number of hydrogen-bond acceptors (Lipinski definition) is 3. The third-order valence-corrected chi connectivity index (χ3v) is 2.01. The highest BCUT2D eigenvalue weighted by atomic mass is 16.6. The van der Waals surface area contributed by atoms with E-state index in [1.165, 1.54) is 0 Å². The summed E-state index contributed by atoms with van der Waals surface area (Å²) < 4.78 is 0. The number of aromatic nitrogens is 1. The van der Waals surface area contributed by atoms with Gasteiger partial charge in [0.05, 0.1) is 5.69 Å². The summed E-state index contributed by atoms with van der Waals surface area (Å²) >= 11 is 0. The number of nitrogens with zero attached hydrogens (tertiary/aromatic N) is 2. The van der Waals surface area contributed by atoms with Crippen molar-refractivity contribution >= 4 is 5.71 Å². The lowest BCUT2D eigenvalue weighted by Crippen LogP contribution is -2.00. The maximum absolute atomic E-state index is 5.15. The maximum Gasteiger partial charge on any atom is 0.138 e. The van der Waals surface area contributed by atoms with E-state index in [-0.39, 0.29) is 0 Å². The SMILES string of the molecule is C=C(CC)CON=C(C)c1ccccn1. The van der Waals surface area contributed by atoms with Crippen molar-refractivity contribution in [3.8, 4) is 0 Å². The fraction of sp³-hybridized carbons (Fsp3) is 0.333. The van der Waals surface area contributed by atoms with Crippen LogP contribution in [0.5, 0.6) is 0 Å². The molecule has 0 saturated heterocycles. The monoisotopic (exact) mass is 204 g/mol. The highest BCUT2D eigenvalue weighted by Crippen LogP contribution is 2.00. The van der Waals surface area contributed by atoms with Crippen LogP contribution in [0.1, 0.15) is 26.0 Å². The van der Waals surface area contributed by atoms with E-state index in [2.05, 4.69) is 16.7 Å². The van der Waals surface area contributed by atoms with Gasteiger partial charge in [0, 0.05) is 6.20 Å². The molecule has 3 heteroatoms. The van der Waals surface area contributed by atoms with Crippen LogP contribution in [0.25, 0.3) is 0 Å². The minimum Gasteiger partial charge on any atom is -0.391 e. The van der Waals surface area contributed by atoms with E-state index in [1.54, 1.807) is 6.20 Å². The van der Waals surface area contributed by atoms with E-state index < -0.39 is 0 Å². The fourth-order valence-electron chi connectivity index (χ4n) is 0.946. The molecule has 1 rings (SSSR count). The molecule has 0 saturated carbocycles. The van der Waals surface area contributed by atoms with Crippen LogP contribution in [0.4, 0.5) is 0 Å². The van der Waals surface area contributed by atoms with Crippen LogP contribution in [0.3, 0.4) is 0 Å². The van der Waals surface area contributed by atoms with Gasteiger partial charge in [-0.2, -0.15) is 0 Å². The molecule has 0 aliphatic rings. The Kier molecular flexibility index (Phi) is 4.54. The van der Waals surface area contributed by atoms with Crippen molar-refractivity contribution in [1.29, 1.82) is 0 Å². The first kappa shape index (κ1) is 11.4. The van der Waals surface area contributed by atoms with Gasteiger partial charge in [0.15, 0.2) is 0 Å². The number of hydrogen-bond donors (Lipinski definition) is 0. The molecule has 0 unspecified atom stereocenters. The van der Waals surface area contributed by atoms with Crippen molar-refractivity contribution in [2.45, 2.75) is 20.3 Å². The van der Waals surface area contributed by atoms with Gasteiger partial charge in [-0.25, -0.2) is 0 Å². The second-order valence-electron chi connectivity index (χ2n) is 3.27.